The van der Waals surface area contributed by atoms with Crippen molar-refractivity contribution < 1.29 is 4.74 Å². The monoisotopic (exact) mass is 238 g/mol. The lowest BCUT2D eigenvalue weighted by Crippen LogP contribution is -2.26. The summed E-state index contributed by atoms with van der Waals surface area (Å²) < 4.78 is 7.46. The Morgan fingerprint density at radius 2 is 2.24 bits per heavy atom. The summed E-state index contributed by atoms with van der Waals surface area (Å²) in [6.45, 7) is 3.81. The zero-order valence-corrected chi connectivity index (χ0v) is 10.9. The van der Waals surface area contributed by atoms with Crippen molar-refractivity contribution in [1.82, 2.24) is 14.7 Å². The second-order valence-corrected chi connectivity index (χ2v) is 4.84. The fourth-order valence-corrected chi connectivity index (χ4v) is 2.46. The van der Waals surface area contributed by atoms with Gasteiger partial charge in [-0.2, -0.15) is 5.10 Å². The third kappa shape index (κ3) is 2.54. The fraction of sp³-hybridized carbons (Fsp3) is 0.750. The molecule has 0 amide bonds. The van der Waals surface area contributed by atoms with Gasteiger partial charge < -0.3 is 15.4 Å². The Kier molecular flexibility index (Phi) is 3.57. The predicted molar refractivity (Wildman–Crippen MR) is 68.1 cm³/mol. The van der Waals surface area contributed by atoms with E-state index in [4.69, 9.17) is 10.5 Å². The molecule has 2 N–H and O–H groups in total. The summed E-state index contributed by atoms with van der Waals surface area (Å²) >= 11 is 0. The predicted octanol–water partition coefficient (Wildman–Crippen LogP) is 1.17. The van der Waals surface area contributed by atoms with Crippen molar-refractivity contribution in [3.8, 4) is 5.88 Å². The Balaban J connectivity index is 1.85. The molecule has 1 saturated heterocycles. The molecule has 0 bridgehead atoms. The largest absolute Gasteiger partial charge is 0.476 e. The van der Waals surface area contributed by atoms with Crippen LogP contribution in [0.2, 0.25) is 0 Å². The number of hydrogen-bond donors (Lipinski definition) is 1. The minimum Gasteiger partial charge on any atom is -0.476 e. The lowest BCUT2D eigenvalue weighted by atomic mass is 10.1. The van der Waals surface area contributed by atoms with Crippen LogP contribution in [-0.2, 0) is 7.05 Å². The van der Waals surface area contributed by atoms with E-state index in [-0.39, 0.29) is 0 Å². The number of likely N-dealkylation sites (tertiary alicyclic amines) is 1. The molecule has 96 valence electrons. The molecular weight excluding hydrogens is 216 g/mol. The molecule has 1 unspecified atom stereocenters. The zero-order chi connectivity index (χ0) is 12.4. The Bertz CT molecular complexity index is 388. The van der Waals surface area contributed by atoms with E-state index in [2.05, 4.69) is 17.0 Å². The van der Waals surface area contributed by atoms with Gasteiger partial charge in [0.05, 0.1) is 12.3 Å². The molecule has 1 aliphatic rings. The number of hydrogen-bond acceptors (Lipinski definition) is 4. The van der Waals surface area contributed by atoms with E-state index in [1.54, 1.807) is 4.68 Å². The molecular formula is C12H22N4O. The van der Waals surface area contributed by atoms with Gasteiger partial charge in [0.15, 0.2) is 0 Å². The molecule has 0 radical (unpaired) electrons. The fourth-order valence-electron chi connectivity index (χ4n) is 2.46. The third-order valence-corrected chi connectivity index (χ3v) is 3.58. The molecule has 1 fully saturated rings. The lowest BCUT2D eigenvalue weighted by molar-refractivity contribution is 0.223. The van der Waals surface area contributed by atoms with E-state index >= 15 is 0 Å². The summed E-state index contributed by atoms with van der Waals surface area (Å²) in [5.41, 5.74) is 7.40. The van der Waals surface area contributed by atoms with Gasteiger partial charge in [-0.15, -0.1) is 0 Å². The van der Waals surface area contributed by atoms with Crippen molar-refractivity contribution in [2.24, 2.45) is 7.05 Å². The van der Waals surface area contributed by atoms with Crippen molar-refractivity contribution >= 4 is 5.69 Å². The zero-order valence-electron chi connectivity index (χ0n) is 10.9. The van der Waals surface area contributed by atoms with Crippen LogP contribution in [0.15, 0.2) is 0 Å². The summed E-state index contributed by atoms with van der Waals surface area (Å²) in [5, 5.41) is 4.23. The minimum atomic E-state index is 0.658. The Labute approximate surface area is 103 Å². The molecule has 1 aliphatic heterocycles. The van der Waals surface area contributed by atoms with Gasteiger partial charge >= 0.3 is 0 Å². The summed E-state index contributed by atoms with van der Waals surface area (Å²) in [5.74, 6) is 0.697. The van der Waals surface area contributed by atoms with Gasteiger partial charge in [0, 0.05) is 13.1 Å². The van der Waals surface area contributed by atoms with Crippen LogP contribution in [0.3, 0.4) is 0 Å². The summed E-state index contributed by atoms with van der Waals surface area (Å²) in [6, 6.07) is 0.658. The summed E-state index contributed by atoms with van der Waals surface area (Å²) in [4.78, 5) is 2.40. The van der Waals surface area contributed by atoms with Crippen LogP contribution in [0.5, 0.6) is 5.88 Å². The first kappa shape index (κ1) is 12.2. The highest BCUT2D eigenvalue weighted by Gasteiger charge is 2.21. The second kappa shape index (κ2) is 4.96. The highest BCUT2D eigenvalue weighted by molar-refractivity contribution is 5.52. The quantitative estimate of drug-likeness (QED) is 0.855. The van der Waals surface area contributed by atoms with Gasteiger partial charge in [-0.1, -0.05) is 0 Å². The van der Waals surface area contributed by atoms with Crippen LogP contribution in [0, 0.1) is 6.92 Å². The first-order chi connectivity index (χ1) is 8.09. The number of nitrogens with two attached hydrogens (primary N) is 1. The van der Waals surface area contributed by atoms with Crippen molar-refractivity contribution in [2.75, 3.05) is 25.9 Å². The smallest absolute Gasteiger partial charge is 0.235 e. The van der Waals surface area contributed by atoms with Crippen molar-refractivity contribution in [1.29, 1.82) is 0 Å². The number of nitrogens with zero attached hydrogens (tertiary/aromatic N) is 3. The van der Waals surface area contributed by atoms with Gasteiger partial charge in [0.1, 0.15) is 5.69 Å². The average molecular weight is 238 g/mol. The summed E-state index contributed by atoms with van der Waals surface area (Å²) in [6.07, 6.45) is 3.63. The maximum atomic E-state index is 5.91. The van der Waals surface area contributed by atoms with E-state index < -0.39 is 0 Å². The minimum absolute atomic E-state index is 0.658. The molecule has 0 spiro atoms. The number of ether oxygens (including phenoxy) is 1. The molecule has 0 saturated carbocycles. The van der Waals surface area contributed by atoms with Gasteiger partial charge in [-0.05, 0) is 39.8 Å². The van der Waals surface area contributed by atoms with E-state index in [9.17, 15) is 0 Å². The molecule has 2 rings (SSSR count). The SMILES string of the molecule is Cc1nn(C)c(OCCC2CCCN2C)c1N. The topological polar surface area (TPSA) is 56.3 Å². The molecule has 2 heterocycles. The van der Waals surface area contributed by atoms with E-state index in [1.807, 2.05) is 14.0 Å². The molecule has 1 aromatic heterocycles. The van der Waals surface area contributed by atoms with E-state index in [1.165, 1.54) is 19.4 Å². The number of anilines is 1. The highest BCUT2D eigenvalue weighted by Crippen LogP contribution is 2.24. The summed E-state index contributed by atoms with van der Waals surface area (Å²) in [7, 11) is 4.04. The Hall–Kier alpha value is -1.23. The number of aryl methyl sites for hydroxylation is 2. The first-order valence-corrected chi connectivity index (χ1v) is 6.21. The molecule has 1 atom stereocenters. The van der Waals surface area contributed by atoms with Gasteiger partial charge in [-0.25, -0.2) is 4.68 Å². The highest BCUT2D eigenvalue weighted by atomic mass is 16.5. The van der Waals surface area contributed by atoms with Gasteiger partial charge in [-0.3, -0.25) is 0 Å². The van der Waals surface area contributed by atoms with Gasteiger partial charge in [0.25, 0.3) is 0 Å². The van der Waals surface area contributed by atoms with Crippen molar-refractivity contribution in [2.45, 2.75) is 32.2 Å². The average Bonchev–Trinajstić information content (AvgIpc) is 2.78. The number of rotatable bonds is 4. The van der Waals surface area contributed by atoms with Crippen molar-refractivity contribution in [3.05, 3.63) is 5.69 Å². The normalized spacial score (nSPS) is 21.0. The van der Waals surface area contributed by atoms with Gasteiger partial charge in [0.2, 0.25) is 5.88 Å². The van der Waals surface area contributed by atoms with E-state index in [0.29, 0.717) is 24.2 Å². The van der Waals surface area contributed by atoms with Crippen LogP contribution in [0.4, 0.5) is 5.69 Å². The van der Waals surface area contributed by atoms with E-state index in [0.717, 1.165) is 12.1 Å². The number of nitrogen functional groups attached to an aromatic ring is 1. The molecule has 5 heteroatoms. The third-order valence-electron chi connectivity index (χ3n) is 3.58. The first-order valence-electron chi connectivity index (χ1n) is 6.21. The van der Waals surface area contributed by atoms with Crippen LogP contribution < -0.4 is 10.5 Å². The number of aromatic nitrogens is 2. The Morgan fingerprint density at radius 1 is 1.47 bits per heavy atom. The Morgan fingerprint density at radius 3 is 2.76 bits per heavy atom. The lowest BCUT2D eigenvalue weighted by Gasteiger charge is -2.19. The van der Waals surface area contributed by atoms with Crippen LogP contribution in [-0.4, -0.2) is 40.9 Å². The standard InChI is InChI=1S/C12H22N4O/c1-9-11(13)12(16(3)14-9)17-8-6-10-5-4-7-15(10)2/h10H,4-8,13H2,1-3H3. The second-order valence-electron chi connectivity index (χ2n) is 4.84. The molecule has 0 aromatic carbocycles. The molecule has 1 aromatic rings. The van der Waals surface area contributed by atoms with Crippen LogP contribution in [0.25, 0.3) is 0 Å². The van der Waals surface area contributed by atoms with Crippen LogP contribution >= 0.6 is 0 Å². The molecule has 5 nitrogen and oxygen atoms in total. The maximum absolute atomic E-state index is 5.91. The molecule has 0 aliphatic carbocycles. The van der Waals surface area contributed by atoms with Crippen molar-refractivity contribution in [3.63, 3.8) is 0 Å². The maximum Gasteiger partial charge on any atom is 0.235 e. The molecule has 17 heavy (non-hydrogen) atoms. The van der Waals surface area contributed by atoms with Crippen LogP contribution in [0.1, 0.15) is 25.0 Å².